The third-order valence-corrected chi connectivity index (χ3v) is 3.21. The Morgan fingerprint density at radius 2 is 1.88 bits per heavy atom. The summed E-state index contributed by atoms with van der Waals surface area (Å²) >= 11 is 0. The van der Waals surface area contributed by atoms with Crippen LogP contribution in [0.4, 0.5) is 0 Å². The average molecular weight is 339 g/mol. The molecule has 1 aromatic carbocycles. The second-order valence-corrected chi connectivity index (χ2v) is 4.90. The minimum atomic E-state index is -0.332. The third-order valence-electron chi connectivity index (χ3n) is 3.21. The van der Waals surface area contributed by atoms with Crippen LogP contribution in [0.1, 0.15) is 13.3 Å². The molecule has 0 heterocycles. The molecule has 0 N–H and O–H groups in total. The highest BCUT2D eigenvalue weighted by molar-refractivity contribution is 5.78. The molecule has 0 aromatic heterocycles. The highest BCUT2D eigenvalue weighted by Crippen LogP contribution is 2.18. The quantitative estimate of drug-likeness (QED) is 0.569. The van der Waals surface area contributed by atoms with Crippen molar-refractivity contribution in [2.75, 3.05) is 47.1 Å². The van der Waals surface area contributed by atoms with Gasteiger partial charge in [-0.3, -0.25) is 9.59 Å². The number of amides is 1. The van der Waals surface area contributed by atoms with Gasteiger partial charge in [0, 0.05) is 26.3 Å². The van der Waals surface area contributed by atoms with E-state index >= 15 is 0 Å². The van der Waals surface area contributed by atoms with Gasteiger partial charge in [-0.25, -0.2) is 0 Å². The topological polar surface area (TPSA) is 74.3 Å². The number of carbonyl (C=O) groups is 2. The van der Waals surface area contributed by atoms with Gasteiger partial charge < -0.3 is 23.8 Å². The molecule has 0 aliphatic rings. The van der Waals surface area contributed by atoms with Gasteiger partial charge in [0.2, 0.25) is 0 Å². The van der Waals surface area contributed by atoms with E-state index in [1.807, 2.05) is 0 Å². The van der Waals surface area contributed by atoms with Crippen molar-refractivity contribution in [2.24, 2.45) is 0 Å². The molecule has 1 rings (SSSR count). The van der Waals surface area contributed by atoms with Gasteiger partial charge in [0.05, 0.1) is 26.7 Å². The van der Waals surface area contributed by atoms with Crippen molar-refractivity contribution in [3.8, 4) is 11.5 Å². The van der Waals surface area contributed by atoms with Crippen molar-refractivity contribution < 1.29 is 28.5 Å². The third kappa shape index (κ3) is 7.32. The Morgan fingerprint density at radius 1 is 1.12 bits per heavy atom. The molecule has 1 amide bonds. The number of benzene rings is 1. The minimum absolute atomic E-state index is 0.125. The van der Waals surface area contributed by atoms with Crippen molar-refractivity contribution in [3.63, 3.8) is 0 Å². The molecule has 0 atom stereocenters. The SMILES string of the molecule is CCOC(=O)CCN(CCOC)C(=O)COc1cccc(OC)c1. The molecule has 0 aliphatic carbocycles. The molecule has 0 fully saturated rings. The monoisotopic (exact) mass is 339 g/mol. The Bertz CT molecular complexity index is 520. The van der Waals surface area contributed by atoms with Gasteiger partial charge in [0.15, 0.2) is 6.61 Å². The molecule has 0 unspecified atom stereocenters. The lowest BCUT2D eigenvalue weighted by Crippen LogP contribution is -2.38. The second-order valence-electron chi connectivity index (χ2n) is 4.90. The fraction of sp³-hybridized carbons (Fsp3) is 0.529. The van der Waals surface area contributed by atoms with E-state index < -0.39 is 0 Å². The van der Waals surface area contributed by atoms with Crippen LogP contribution in [-0.4, -0.2) is 63.9 Å². The van der Waals surface area contributed by atoms with Gasteiger partial charge in [0.1, 0.15) is 11.5 Å². The molecule has 0 saturated heterocycles. The van der Waals surface area contributed by atoms with E-state index in [1.165, 1.54) is 4.90 Å². The zero-order chi connectivity index (χ0) is 17.8. The fourth-order valence-corrected chi connectivity index (χ4v) is 1.95. The van der Waals surface area contributed by atoms with Crippen molar-refractivity contribution in [1.29, 1.82) is 0 Å². The summed E-state index contributed by atoms with van der Waals surface area (Å²) in [7, 11) is 3.12. The summed E-state index contributed by atoms with van der Waals surface area (Å²) in [6.45, 7) is 2.98. The van der Waals surface area contributed by atoms with Gasteiger partial charge in [-0.1, -0.05) is 6.07 Å². The number of hydrogen-bond donors (Lipinski definition) is 0. The number of carbonyl (C=O) groups excluding carboxylic acids is 2. The first-order chi connectivity index (χ1) is 11.6. The smallest absolute Gasteiger partial charge is 0.307 e. The van der Waals surface area contributed by atoms with Gasteiger partial charge >= 0.3 is 5.97 Å². The Balaban J connectivity index is 2.54. The molecular formula is C17H25NO6. The summed E-state index contributed by atoms with van der Waals surface area (Å²) < 4.78 is 20.5. The zero-order valence-corrected chi connectivity index (χ0v) is 14.4. The molecule has 0 bridgehead atoms. The van der Waals surface area contributed by atoms with E-state index in [0.717, 1.165) is 0 Å². The first kappa shape index (κ1) is 19.8. The van der Waals surface area contributed by atoms with Crippen LogP contribution in [0.2, 0.25) is 0 Å². The lowest BCUT2D eigenvalue weighted by atomic mass is 10.3. The van der Waals surface area contributed by atoms with Crippen LogP contribution in [0.25, 0.3) is 0 Å². The van der Waals surface area contributed by atoms with E-state index in [2.05, 4.69) is 0 Å². The summed E-state index contributed by atoms with van der Waals surface area (Å²) in [5.41, 5.74) is 0. The van der Waals surface area contributed by atoms with Crippen molar-refractivity contribution in [1.82, 2.24) is 4.90 Å². The molecule has 134 valence electrons. The first-order valence-electron chi connectivity index (χ1n) is 7.79. The van der Waals surface area contributed by atoms with Crippen LogP contribution in [0.15, 0.2) is 24.3 Å². The number of hydrogen-bond acceptors (Lipinski definition) is 6. The van der Waals surface area contributed by atoms with Crippen molar-refractivity contribution in [2.45, 2.75) is 13.3 Å². The van der Waals surface area contributed by atoms with Gasteiger partial charge in [-0.15, -0.1) is 0 Å². The summed E-state index contributed by atoms with van der Waals surface area (Å²) in [5, 5.41) is 0. The second kappa shape index (κ2) is 11.3. The van der Waals surface area contributed by atoms with E-state index in [-0.39, 0.29) is 31.4 Å². The first-order valence-corrected chi connectivity index (χ1v) is 7.79. The summed E-state index contributed by atoms with van der Waals surface area (Å²) in [5.74, 6) is 0.638. The van der Waals surface area contributed by atoms with Crippen LogP contribution in [0.3, 0.4) is 0 Å². The largest absolute Gasteiger partial charge is 0.497 e. The molecule has 7 heteroatoms. The highest BCUT2D eigenvalue weighted by Gasteiger charge is 2.16. The number of methoxy groups -OCH3 is 2. The fourth-order valence-electron chi connectivity index (χ4n) is 1.95. The molecule has 24 heavy (non-hydrogen) atoms. The Morgan fingerprint density at radius 3 is 2.54 bits per heavy atom. The predicted molar refractivity (Wildman–Crippen MR) is 88.2 cm³/mol. The maximum absolute atomic E-state index is 12.3. The number of esters is 1. The molecule has 1 aromatic rings. The van der Waals surface area contributed by atoms with Crippen molar-refractivity contribution in [3.05, 3.63) is 24.3 Å². The zero-order valence-electron chi connectivity index (χ0n) is 14.4. The number of nitrogens with zero attached hydrogens (tertiary/aromatic N) is 1. The highest BCUT2D eigenvalue weighted by atomic mass is 16.5. The van der Waals surface area contributed by atoms with Gasteiger partial charge in [0.25, 0.3) is 5.91 Å². The van der Waals surface area contributed by atoms with E-state index in [4.69, 9.17) is 18.9 Å². The predicted octanol–water partition coefficient (Wildman–Crippen LogP) is 1.50. The maximum atomic E-state index is 12.3. The number of ether oxygens (including phenoxy) is 4. The van der Waals surface area contributed by atoms with E-state index in [1.54, 1.807) is 45.4 Å². The molecule has 0 aliphatic heterocycles. The van der Waals surface area contributed by atoms with Crippen molar-refractivity contribution >= 4 is 11.9 Å². The van der Waals surface area contributed by atoms with Crippen LogP contribution in [-0.2, 0) is 19.1 Å². The maximum Gasteiger partial charge on any atom is 0.307 e. The summed E-state index contributed by atoms with van der Waals surface area (Å²) in [4.78, 5) is 25.3. The van der Waals surface area contributed by atoms with E-state index in [0.29, 0.717) is 31.3 Å². The Kier molecular flexibility index (Phi) is 9.29. The molecule has 0 saturated carbocycles. The van der Waals surface area contributed by atoms with Crippen LogP contribution in [0.5, 0.6) is 11.5 Å². The average Bonchev–Trinajstić information content (AvgIpc) is 2.60. The molecular weight excluding hydrogens is 314 g/mol. The van der Waals surface area contributed by atoms with Gasteiger partial charge in [-0.05, 0) is 19.1 Å². The normalized spacial score (nSPS) is 10.1. The Labute approximate surface area is 142 Å². The molecule has 0 spiro atoms. The summed E-state index contributed by atoms with van der Waals surface area (Å²) in [6, 6.07) is 7.01. The summed E-state index contributed by atoms with van der Waals surface area (Å²) in [6.07, 6.45) is 0.141. The van der Waals surface area contributed by atoms with E-state index in [9.17, 15) is 9.59 Å². The van der Waals surface area contributed by atoms with Crippen LogP contribution >= 0.6 is 0 Å². The van der Waals surface area contributed by atoms with Gasteiger partial charge in [-0.2, -0.15) is 0 Å². The minimum Gasteiger partial charge on any atom is -0.497 e. The molecule has 0 radical (unpaired) electrons. The van der Waals surface area contributed by atoms with Crippen LogP contribution in [0, 0.1) is 0 Å². The Hall–Kier alpha value is -2.28. The lowest BCUT2D eigenvalue weighted by Gasteiger charge is -2.22. The lowest BCUT2D eigenvalue weighted by molar-refractivity contribution is -0.144. The number of rotatable bonds is 11. The van der Waals surface area contributed by atoms with Crippen LogP contribution < -0.4 is 9.47 Å². The standard InChI is InChI=1S/C17H25NO6/c1-4-23-17(20)8-9-18(10-11-21-2)16(19)13-24-15-7-5-6-14(12-15)22-3/h5-7,12H,4,8-11,13H2,1-3H3. The molecule has 7 nitrogen and oxygen atoms in total.